The summed E-state index contributed by atoms with van der Waals surface area (Å²) in [5.41, 5.74) is 0.633. The highest BCUT2D eigenvalue weighted by Gasteiger charge is 2.20. The van der Waals surface area contributed by atoms with Crippen molar-refractivity contribution in [1.29, 1.82) is 5.26 Å². The van der Waals surface area contributed by atoms with Crippen molar-refractivity contribution < 1.29 is 22.7 Å². The fraction of sp³-hybridized carbons (Fsp3) is 0.136. The third-order valence-corrected chi connectivity index (χ3v) is 5.80. The first-order valence-electron chi connectivity index (χ1n) is 9.38. The predicted octanol–water partition coefficient (Wildman–Crippen LogP) is 4.68. The zero-order valence-electron chi connectivity index (χ0n) is 17.1. The molecule has 0 fully saturated rings. The van der Waals surface area contributed by atoms with E-state index in [0.717, 1.165) is 0 Å². The number of anilines is 1. The zero-order chi connectivity index (χ0) is 23.3. The van der Waals surface area contributed by atoms with Crippen LogP contribution in [0.1, 0.15) is 28.5 Å². The minimum atomic E-state index is -3.86. The van der Waals surface area contributed by atoms with Gasteiger partial charge in [0.05, 0.1) is 22.8 Å². The van der Waals surface area contributed by atoms with Crippen LogP contribution in [-0.2, 0) is 14.8 Å². The maximum atomic E-state index is 12.6. The van der Waals surface area contributed by atoms with Crippen LogP contribution in [0.25, 0.3) is 0 Å². The quantitative estimate of drug-likeness (QED) is 0.496. The van der Waals surface area contributed by atoms with E-state index in [2.05, 4.69) is 9.71 Å². The highest BCUT2D eigenvalue weighted by Crippen LogP contribution is 2.29. The number of nitriles is 1. The number of benzene rings is 2. The molecule has 0 aliphatic heterocycles. The van der Waals surface area contributed by atoms with Gasteiger partial charge in [-0.3, -0.25) is 4.72 Å². The van der Waals surface area contributed by atoms with Crippen LogP contribution in [0.3, 0.4) is 0 Å². The lowest BCUT2D eigenvalue weighted by Crippen LogP contribution is -2.12. The van der Waals surface area contributed by atoms with Crippen LogP contribution in [0, 0.1) is 18.3 Å². The summed E-state index contributed by atoms with van der Waals surface area (Å²) in [5.74, 6) is -0.539. The molecular formula is C22H18ClN3O5S. The van der Waals surface area contributed by atoms with Crippen molar-refractivity contribution in [3.05, 3.63) is 76.4 Å². The molecule has 0 aliphatic carbocycles. The molecule has 1 N–H and O–H groups in total. The maximum absolute atomic E-state index is 12.6. The molecule has 32 heavy (non-hydrogen) atoms. The van der Waals surface area contributed by atoms with Crippen molar-refractivity contribution in [3.63, 3.8) is 0 Å². The summed E-state index contributed by atoms with van der Waals surface area (Å²) in [4.78, 5) is 16.4. The van der Waals surface area contributed by atoms with E-state index in [1.54, 1.807) is 32.0 Å². The van der Waals surface area contributed by atoms with E-state index in [1.807, 2.05) is 6.07 Å². The Kier molecular flexibility index (Phi) is 6.98. The second-order valence-corrected chi connectivity index (χ2v) is 8.63. The van der Waals surface area contributed by atoms with Gasteiger partial charge in [-0.1, -0.05) is 17.7 Å². The Morgan fingerprint density at radius 2 is 1.91 bits per heavy atom. The van der Waals surface area contributed by atoms with Crippen LogP contribution in [0.4, 0.5) is 5.69 Å². The summed E-state index contributed by atoms with van der Waals surface area (Å²) >= 11 is 5.81. The number of esters is 1. The number of pyridine rings is 1. The van der Waals surface area contributed by atoms with Crippen molar-refractivity contribution in [3.8, 4) is 17.7 Å². The Morgan fingerprint density at radius 1 is 1.19 bits per heavy atom. The highest BCUT2D eigenvalue weighted by atomic mass is 35.5. The standard InChI is InChI=1S/C22H18ClN3O5S/c1-3-30-22(27)19-11-14(2)25-21(20(19)13-24)31-17-6-4-5-16(12-17)26-32(28,29)18-9-7-15(23)8-10-18/h4-12,26H,3H2,1-2H3. The molecule has 3 aromatic rings. The van der Waals surface area contributed by atoms with Gasteiger partial charge in [0.15, 0.2) is 0 Å². The summed E-state index contributed by atoms with van der Waals surface area (Å²) in [6.07, 6.45) is 0. The van der Waals surface area contributed by atoms with Gasteiger partial charge in [-0.05, 0) is 56.3 Å². The van der Waals surface area contributed by atoms with E-state index in [1.165, 1.54) is 36.4 Å². The molecule has 3 rings (SSSR count). The molecule has 2 aromatic carbocycles. The number of halogens is 1. The molecule has 10 heteroatoms. The fourth-order valence-electron chi connectivity index (χ4n) is 2.76. The Hall–Kier alpha value is -3.61. The minimum Gasteiger partial charge on any atom is -0.462 e. The van der Waals surface area contributed by atoms with Gasteiger partial charge in [0.2, 0.25) is 5.88 Å². The smallest absolute Gasteiger partial charge is 0.339 e. The first-order chi connectivity index (χ1) is 15.2. The summed E-state index contributed by atoms with van der Waals surface area (Å²) in [5, 5.41) is 9.98. The maximum Gasteiger partial charge on any atom is 0.339 e. The number of nitrogens with zero attached hydrogens (tertiary/aromatic N) is 2. The fourth-order valence-corrected chi connectivity index (χ4v) is 3.93. The van der Waals surface area contributed by atoms with Crippen molar-refractivity contribution in [2.75, 3.05) is 11.3 Å². The van der Waals surface area contributed by atoms with Crippen LogP contribution < -0.4 is 9.46 Å². The highest BCUT2D eigenvalue weighted by molar-refractivity contribution is 7.92. The number of sulfonamides is 1. The van der Waals surface area contributed by atoms with Gasteiger partial charge in [0.1, 0.15) is 17.4 Å². The Labute approximate surface area is 190 Å². The van der Waals surface area contributed by atoms with Gasteiger partial charge >= 0.3 is 5.97 Å². The molecule has 0 saturated heterocycles. The van der Waals surface area contributed by atoms with Gasteiger partial charge in [0, 0.05) is 16.8 Å². The monoisotopic (exact) mass is 471 g/mol. The molecule has 0 bridgehead atoms. The van der Waals surface area contributed by atoms with E-state index < -0.39 is 16.0 Å². The molecule has 0 spiro atoms. The Morgan fingerprint density at radius 3 is 2.56 bits per heavy atom. The predicted molar refractivity (Wildman–Crippen MR) is 118 cm³/mol. The number of carbonyl (C=O) groups excluding carboxylic acids is 1. The van der Waals surface area contributed by atoms with Crippen molar-refractivity contribution >= 4 is 33.3 Å². The first kappa shape index (κ1) is 23.1. The number of aromatic nitrogens is 1. The minimum absolute atomic E-state index is 0.0384. The molecule has 0 unspecified atom stereocenters. The molecule has 0 atom stereocenters. The average Bonchev–Trinajstić information content (AvgIpc) is 2.74. The third-order valence-electron chi connectivity index (χ3n) is 4.15. The van der Waals surface area contributed by atoms with Crippen molar-refractivity contribution in [2.24, 2.45) is 0 Å². The Balaban J connectivity index is 1.90. The lowest BCUT2D eigenvalue weighted by molar-refractivity contribution is 0.0525. The average molecular weight is 472 g/mol. The topological polar surface area (TPSA) is 118 Å². The van der Waals surface area contributed by atoms with Crippen LogP contribution in [0.15, 0.2) is 59.5 Å². The summed E-state index contributed by atoms with van der Waals surface area (Å²) in [6, 6.07) is 15.2. The lowest BCUT2D eigenvalue weighted by Gasteiger charge is -2.12. The normalized spacial score (nSPS) is 10.8. The molecular weight excluding hydrogens is 454 g/mol. The third kappa shape index (κ3) is 5.35. The van der Waals surface area contributed by atoms with Crippen LogP contribution in [0.5, 0.6) is 11.6 Å². The molecule has 0 radical (unpaired) electrons. The second-order valence-electron chi connectivity index (χ2n) is 6.51. The van der Waals surface area contributed by atoms with Crippen LogP contribution in [0.2, 0.25) is 5.02 Å². The molecule has 164 valence electrons. The van der Waals surface area contributed by atoms with Gasteiger partial charge in [-0.25, -0.2) is 18.2 Å². The van der Waals surface area contributed by atoms with Gasteiger partial charge in [-0.15, -0.1) is 0 Å². The van der Waals surface area contributed by atoms with E-state index in [-0.39, 0.29) is 39.9 Å². The molecule has 1 aromatic heterocycles. The first-order valence-corrected chi connectivity index (χ1v) is 11.2. The van der Waals surface area contributed by atoms with E-state index in [0.29, 0.717) is 10.7 Å². The summed E-state index contributed by atoms with van der Waals surface area (Å²) < 4.78 is 38.4. The largest absolute Gasteiger partial charge is 0.462 e. The molecule has 0 saturated carbocycles. The number of aryl methyl sites for hydroxylation is 1. The van der Waals surface area contributed by atoms with E-state index in [4.69, 9.17) is 21.1 Å². The summed E-state index contributed by atoms with van der Waals surface area (Å²) in [6.45, 7) is 3.45. The lowest BCUT2D eigenvalue weighted by atomic mass is 10.1. The van der Waals surface area contributed by atoms with Gasteiger partial charge in [-0.2, -0.15) is 5.26 Å². The number of nitrogens with one attached hydrogen (secondary N) is 1. The number of rotatable bonds is 7. The van der Waals surface area contributed by atoms with Crippen molar-refractivity contribution in [2.45, 2.75) is 18.7 Å². The van der Waals surface area contributed by atoms with E-state index in [9.17, 15) is 18.5 Å². The molecule has 0 aliphatic rings. The molecule has 0 amide bonds. The number of carbonyl (C=O) groups is 1. The second kappa shape index (κ2) is 9.68. The molecule has 8 nitrogen and oxygen atoms in total. The van der Waals surface area contributed by atoms with Crippen molar-refractivity contribution in [1.82, 2.24) is 4.98 Å². The van der Waals surface area contributed by atoms with Gasteiger partial charge in [0.25, 0.3) is 10.0 Å². The number of hydrogen-bond acceptors (Lipinski definition) is 7. The van der Waals surface area contributed by atoms with E-state index >= 15 is 0 Å². The zero-order valence-corrected chi connectivity index (χ0v) is 18.7. The SMILES string of the molecule is CCOC(=O)c1cc(C)nc(Oc2cccc(NS(=O)(=O)c3ccc(Cl)cc3)c2)c1C#N. The number of hydrogen-bond donors (Lipinski definition) is 1. The summed E-state index contributed by atoms with van der Waals surface area (Å²) in [7, 11) is -3.86. The van der Waals surface area contributed by atoms with Crippen LogP contribution >= 0.6 is 11.6 Å². The Bertz CT molecular complexity index is 1300. The molecule has 1 heterocycles. The number of ether oxygens (including phenoxy) is 2. The van der Waals surface area contributed by atoms with Crippen LogP contribution in [-0.4, -0.2) is 26.0 Å². The van der Waals surface area contributed by atoms with Gasteiger partial charge < -0.3 is 9.47 Å².